The minimum absolute atomic E-state index is 0.246. The van der Waals surface area contributed by atoms with Gasteiger partial charge in [0.15, 0.2) is 0 Å². The molecule has 0 amide bonds. The smallest absolute Gasteiger partial charge is 0.252 e. The van der Waals surface area contributed by atoms with Crippen molar-refractivity contribution in [3.8, 4) is 0 Å². The molecule has 1 saturated carbocycles. The van der Waals surface area contributed by atoms with E-state index in [9.17, 15) is 13.5 Å². The van der Waals surface area contributed by atoms with Gasteiger partial charge in [-0.15, -0.1) is 11.3 Å². The van der Waals surface area contributed by atoms with Gasteiger partial charge in [-0.3, -0.25) is 0 Å². The van der Waals surface area contributed by atoms with E-state index < -0.39 is 16.1 Å². The first-order valence-corrected chi connectivity index (χ1v) is 8.89. The van der Waals surface area contributed by atoms with Gasteiger partial charge in [-0.2, -0.15) is 4.31 Å². The first-order chi connectivity index (χ1) is 8.84. The predicted octanol–water partition coefficient (Wildman–Crippen LogP) is 2.63. The molecule has 1 fully saturated rings. The molecule has 0 spiro atoms. The molecule has 1 aromatic rings. The highest BCUT2D eigenvalue weighted by atomic mass is 35.5. The molecule has 0 aliphatic heterocycles. The van der Waals surface area contributed by atoms with E-state index in [4.69, 9.17) is 11.6 Å². The number of sulfonamides is 1. The highest BCUT2D eigenvalue weighted by molar-refractivity contribution is 7.91. The normalized spacial score (nSPS) is 24.9. The average Bonchev–Trinajstić information content (AvgIpc) is 2.70. The molecule has 2 atom stereocenters. The van der Waals surface area contributed by atoms with Crippen LogP contribution in [0.25, 0.3) is 0 Å². The number of halogens is 1. The molecule has 0 aromatic carbocycles. The van der Waals surface area contributed by atoms with Crippen molar-refractivity contribution in [2.24, 2.45) is 0 Å². The monoisotopic (exact) mass is 323 g/mol. The number of rotatable bonds is 3. The summed E-state index contributed by atoms with van der Waals surface area (Å²) in [5, 5.41) is 9.98. The average molecular weight is 324 g/mol. The van der Waals surface area contributed by atoms with E-state index in [1.165, 1.54) is 11.4 Å². The SMILES string of the molecule is Cc1cc(S(=O)(=O)N(C)C2CCCCC2O)sc1Cl. The highest BCUT2D eigenvalue weighted by Crippen LogP contribution is 2.34. The molecule has 1 aliphatic carbocycles. The molecule has 0 radical (unpaired) electrons. The van der Waals surface area contributed by atoms with Crippen LogP contribution >= 0.6 is 22.9 Å². The molecular weight excluding hydrogens is 306 g/mol. The molecule has 2 rings (SSSR count). The Morgan fingerprint density at radius 2 is 2.05 bits per heavy atom. The Labute approximate surface area is 123 Å². The Morgan fingerprint density at radius 1 is 1.42 bits per heavy atom. The van der Waals surface area contributed by atoms with E-state index in [1.807, 2.05) is 0 Å². The number of likely N-dealkylation sites (N-methyl/N-ethyl adjacent to an activating group) is 1. The van der Waals surface area contributed by atoms with E-state index in [2.05, 4.69) is 0 Å². The zero-order valence-corrected chi connectivity index (χ0v) is 13.4. The lowest BCUT2D eigenvalue weighted by Crippen LogP contribution is -2.45. The summed E-state index contributed by atoms with van der Waals surface area (Å²) in [6.45, 7) is 1.79. The summed E-state index contributed by atoms with van der Waals surface area (Å²) in [5.74, 6) is 0. The summed E-state index contributed by atoms with van der Waals surface area (Å²) >= 11 is 7.01. The van der Waals surface area contributed by atoms with Crippen molar-refractivity contribution >= 4 is 33.0 Å². The van der Waals surface area contributed by atoms with Gasteiger partial charge in [0.1, 0.15) is 4.21 Å². The Hall–Kier alpha value is -0.140. The molecule has 4 nitrogen and oxygen atoms in total. The van der Waals surface area contributed by atoms with Crippen molar-refractivity contribution < 1.29 is 13.5 Å². The van der Waals surface area contributed by atoms with Crippen molar-refractivity contribution in [2.45, 2.75) is 49.0 Å². The van der Waals surface area contributed by atoms with Gasteiger partial charge in [0.25, 0.3) is 10.0 Å². The summed E-state index contributed by atoms with van der Waals surface area (Å²) in [6.07, 6.45) is 2.69. The van der Waals surface area contributed by atoms with Crippen LogP contribution in [0.15, 0.2) is 10.3 Å². The Balaban J connectivity index is 2.28. The molecule has 7 heteroatoms. The fourth-order valence-corrected chi connectivity index (χ4v) is 5.70. The maximum atomic E-state index is 12.5. The van der Waals surface area contributed by atoms with E-state index in [1.54, 1.807) is 13.0 Å². The quantitative estimate of drug-likeness (QED) is 0.930. The van der Waals surface area contributed by atoms with E-state index in [-0.39, 0.29) is 10.3 Å². The summed E-state index contributed by atoms with van der Waals surface area (Å²) in [6, 6.07) is 1.26. The second kappa shape index (κ2) is 5.69. The fraction of sp³-hybridized carbons (Fsp3) is 0.667. The van der Waals surface area contributed by atoms with Crippen molar-refractivity contribution in [1.29, 1.82) is 0 Å². The number of aryl methyl sites for hydroxylation is 1. The van der Waals surface area contributed by atoms with Crippen molar-refractivity contribution in [3.05, 3.63) is 16.0 Å². The Morgan fingerprint density at radius 3 is 2.58 bits per heavy atom. The van der Waals surface area contributed by atoms with Crippen LogP contribution in [-0.4, -0.2) is 37.0 Å². The summed E-state index contributed by atoms with van der Waals surface area (Å²) in [5.41, 5.74) is 0.767. The molecule has 1 N–H and O–H groups in total. The first-order valence-electron chi connectivity index (χ1n) is 6.26. The van der Waals surface area contributed by atoms with Crippen LogP contribution in [0.4, 0.5) is 0 Å². The van der Waals surface area contributed by atoms with Gasteiger partial charge in [0, 0.05) is 7.05 Å². The predicted molar refractivity (Wildman–Crippen MR) is 77.3 cm³/mol. The van der Waals surface area contributed by atoms with Crippen molar-refractivity contribution in [2.75, 3.05) is 7.05 Å². The number of hydrogen-bond donors (Lipinski definition) is 1. The standard InChI is InChI=1S/C12H18ClNO3S2/c1-8-7-11(18-12(8)13)19(16,17)14(2)9-5-3-4-6-10(9)15/h7,9-10,15H,3-6H2,1-2H3. The van der Waals surface area contributed by atoms with Gasteiger partial charge < -0.3 is 5.11 Å². The lowest BCUT2D eigenvalue weighted by Gasteiger charge is -2.34. The minimum Gasteiger partial charge on any atom is -0.391 e. The number of aliphatic hydroxyl groups excluding tert-OH is 1. The fourth-order valence-electron chi connectivity index (χ4n) is 2.39. The van der Waals surface area contributed by atoms with Gasteiger partial charge in [0.2, 0.25) is 0 Å². The van der Waals surface area contributed by atoms with Crippen LogP contribution in [0, 0.1) is 6.92 Å². The summed E-state index contributed by atoms with van der Waals surface area (Å²) in [7, 11) is -2.03. The number of hydrogen-bond acceptors (Lipinski definition) is 4. The van der Waals surface area contributed by atoms with Crippen LogP contribution in [0.5, 0.6) is 0 Å². The topological polar surface area (TPSA) is 57.6 Å². The Kier molecular flexibility index (Phi) is 4.57. The van der Waals surface area contributed by atoms with Crippen molar-refractivity contribution in [3.63, 3.8) is 0 Å². The zero-order valence-electron chi connectivity index (χ0n) is 11.0. The van der Waals surface area contributed by atoms with Crippen LogP contribution in [0.2, 0.25) is 4.34 Å². The first kappa shape index (κ1) is 15.3. The van der Waals surface area contributed by atoms with E-state index in [0.717, 1.165) is 29.7 Å². The van der Waals surface area contributed by atoms with Crippen LogP contribution in [0.1, 0.15) is 31.2 Å². The highest BCUT2D eigenvalue weighted by Gasteiger charge is 2.35. The van der Waals surface area contributed by atoms with Gasteiger partial charge >= 0.3 is 0 Å². The van der Waals surface area contributed by atoms with Gasteiger partial charge in [-0.25, -0.2) is 8.42 Å². The number of aliphatic hydroxyl groups is 1. The van der Waals surface area contributed by atoms with Gasteiger partial charge in [0.05, 0.1) is 16.5 Å². The van der Waals surface area contributed by atoms with Gasteiger partial charge in [-0.05, 0) is 31.4 Å². The molecule has 2 unspecified atom stereocenters. The lowest BCUT2D eigenvalue weighted by molar-refractivity contribution is 0.0638. The third-order valence-electron chi connectivity index (χ3n) is 3.63. The van der Waals surface area contributed by atoms with Crippen LogP contribution in [0.3, 0.4) is 0 Å². The molecule has 0 saturated heterocycles. The van der Waals surface area contributed by atoms with Gasteiger partial charge in [-0.1, -0.05) is 24.4 Å². The number of nitrogens with zero attached hydrogens (tertiary/aromatic N) is 1. The Bertz CT molecular complexity index is 536. The van der Waals surface area contributed by atoms with Crippen molar-refractivity contribution in [1.82, 2.24) is 4.31 Å². The largest absolute Gasteiger partial charge is 0.391 e. The molecule has 108 valence electrons. The molecule has 19 heavy (non-hydrogen) atoms. The molecule has 0 bridgehead atoms. The second-order valence-electron chi connectivity index (χ2n) is 4.96. The summed E-state index contributed by atoms with van der Waals surface area (Å²) < 4.78 is 27.1. The third kappa shape index (κ3) is 2.97. The molecule has 1 heterocycles. The molecule has 1 aliphatic rings. The maximum absolute atomic E-state index is 12.5. The number of thiophene rings is 1. The van der Waals surface area contributed by atoms with E-state index in [0.29, 0.717) is 17.2 Å². The van der Waals surface area contributed by atoms with Crippen LogP contribution in [-0.2, 0) is 10.0 Å². The molecular formula is C12H18ClNO3S2. The lowest BCUT2D eigenvalue weighted by atomic mass is 9.93. The van der Waals surface area contributed by atoms with E-state index >= 15 is 0 Å². The van der Waals surface area contributed by atoms with Crippen LogP contribution < -0.4 is 0 Å². The summed E-state index contributed by atoms with van der Waals surface area (Å²) in [4.78, 5) is 0. The molecule has 1 aromatic heterocycles. The second-order valence-corrected chi connectivity index (χ2v) is 8.84. The third-order valence-corrected chi connectivity index (χ3v) is 7.52. The minimum atomic E-state index is -3.57. The zero-order chi connectivity index (χ0) is 14.2. The maximum Gasteiger partial charge on any atom is 0.252 e.